The molecule has 0 aromatic heterocycles. The van der Waals surface area contributed by atoms with Crippen LogP contribution in [0.3, 0.4) is 0 Å². The molecule has 0 saturated heterocycles. The molecule has 4 aromatic carbocycles. The summed E-state index contributed by atoms with van der Waals surface area (Å²) in [4.78, 5) is 0. The van der Waals surface area contributed by atoms with E-state index in [0.717, 1.165) is 22.3 Å². The second-order valence-corrected chi connectivity index (χ2v) is 6.96. The Morgan fingerprint density at radius 1 is 0.293 bits per heavy atom. The van der Waals surface area contributed by atoms with Gasteiger partial charge in [0, 0.05) is 22.3 Å². The minimum Gasteiger partial charge on any atom is -0.358 e. The molecule has 0 radical (unpaired) electrons. The van der Waals surface area contributed by atoms with Crippen LogP contribution >= 0.6 is 0 Å². The number of rotatable bonds is 0. The van der Waals surface area contributed by atoms with Crippen molar-refractivity contribution in [2.24, 2.45) is 0 Å². The number of benzene rings is 4. The Labute approximate surface area is 260 Å². The van der Waals surface area contributed by atoms with E-state index in [2.05, 4.69) is 47.4 Å². The first kappa shape index (κ1) is 35.0. The second kappa shape index (κ2) is 25.7. The topological polar surface area (TPSA) is 0 Å². The molecule has 0 N–H and O–H groups in total. The van der Waals surface area contributed by atoms with E-state index in [-0.39, 0.29) is 21.1 Å². The summed E-state index contributed by atoms with van der Waals surface area (Å²) in [5.74, 6) is 28.7. The molecule has 0 bridgehead atoms. The van der Waals surface area contributed by atoms with E-state index < -0.39 is 0 Å². The Hall–Kier alpha value is -5.95. The molecular formula is C40H20Pt. The molecule has 0 unspecified atom stereocenters. The Morgan fingerprint density at radius 2 is 0.463 bits per heavy atom. The quantitative estimate of drug-likeness (QED) is 0.146. The SMILES string of the molecule is [C-]#CC#Cc1ccccc1.[C-]#CC#Cc1ccccc1.[C-]#CC#Cc1ccccc1.[C-]#CC#Cc1ccccc1.[Pt+4]. The van der Waals surface area contributed by atoms with E-state index in [9.17, 15) is 0 Å². The first-order valence-corrected chi connectivity index (χ1v) is 11.6. The average molecular weight is 696 g/mol. The van der Waals surface area contributed by atoms with Crippen molar-refractivity contribution in [1.29, 1.82) is 0 Å². The fraction of sp³-hybridized carbons (Fsp3) is 0. The molecule has 0 nitrogen and oxygen atoms in total. The van der Waals surface area contributed by atoms with E-state index in [1.807, 2.05) is 145 Å². The third-order valence-corrected chi connectivity index (χ3v) is 4.17. The van der Waals surface area contributed by atoms with Gasteiger partial charge in [-0.05, 0) is 48.5 Å². The Balaban J connectivity index is 0.000000516. The van der Waals surface area contributed by atoms with Gasteiger partial charge in [-0.2, -0.15) is 23.7 Å². The fourth-order valence-electron chi connectivity index (χ4n) is 2.50. The molecule has 41 heavy (non-hydrogen) atoms. The molecule has 0 saturated carbocycles. The molecule has 0 aliphatic heterocycles. The van der Waals surface area contributed by atoms with Gasteiger partial charge in [0.2, 0.25) is 0 Å². The summed E-state index contributed by atoms with van der Waals surface area (Å²) in [5.41, 5.74) is 3.68. The molecule has 0 amide bonds. The van der Waals surface area contributed by atoms with Crippen molar-refractivity contribution in [2.75, 3.05) is 0 Å². The minimum absolute atomic E-state index is 0. The molecule has 4 aromatic rings. The van der Waals surface area contributed by atoms with Gasteiger partial charge in [-0.1, -0.05) is 72.8 Å². The van der Waals surface area contributed by atoms with Gasteiger partial charge in [-0.15, -0.1) is 0 Å². The summed E-state index contributed by atoms with van der Waals surface area (Å²) < 4.78 is 0. The van der Waals surface area contributed by atoms with Crippen LogP contribution < -0.4 is 0 Å². The average Bonchev–Trinajstić information content (AvgIpc) is 3.04. The van der Waals surface area contributed by atoms with Gasteiger partial charge in [0.1, 0.15) is 0 Å². The smallest absolute Gasteiger partial charge is 0.358 e. The number of hydrogen-bond donors (Lipinski definition) is 0. The van der Waals surface area contributed by atoms with E-state index in [1.54, 1.807) is 0 Å². The standard InChI is InChI=1S/4C10H5.Pt/c4*1-2-3-7-10-8-5-4-6-9-10;/h4*4-6,8-9H;/q4*-1;+4. The van der Waals surface area contributed by atoms with Crippen molar-refractivity contribution in [2.45, 2.75) is 0 Å². The van der Waals surface area contributed by atoms with Gasteiger partial charge < -0.3 is 25.7 Å². The summed E-state index contributed by atoms with van der Waals surface area (Å²) in [6.45, 7) is 0. The van der Waals surface area contributed by atoms with Crippen LogP contribution in [0.15, 0.2) is 121 Å². The monoisotopic (exact) mass is 695 g/mol. The zero-order valence-corrected chi connectivity index (χ0v) is 24.1. The van der Waals surface area contributed by atoms with Gasteiger partial charge in [0.15, 0.2) is 0 Å². The van der Waals surface area contributed by atoms with Gasteiger partial charge >= 0.3 is 21.1 Å². The van der Waals surface area contributed by atoms with Crippen LogP contribution in [-0.2, 0) is 21.1 Å². The van der Waals surface area contributed by atoms with Crippen LogP contribution in [0.5, 0.6) is 0 Å². The van der Waals surface area contributed by atoms with Crippen LogP contribution in [0.1, 0.15) is 22.3 Å². The summed E-state index contributed by atoms with van der Waals surface area (Å²) in [6, 6.07) is 38.2. The van der Waals surface area contributed by atoms with Gasteiger partial charge in [0.25, 0.3) is 0 Å². The summed E-state index contributed by atoms with van der Waals surface area (Å²) >= 11 is 0. The van der Waals surface area contributed by atoms with E-state index in [4.69, 9.17) is 25.7 Å². The molecule has 0 atom stereocenters. The maximum absolute atomic E-state index is 6.53. The van der Waals surface area contributed by atoms with E-state index in [0.29, 0.717) is 0 Å². The predicted octanol–water partition coefficient (Wildman–Crippen LogP) is 6.51. The zero-order valence-electron chi connectivity index (χ0n) is 21.9. The summed E-state index contributed by atoms with van der Waals surface area (Å²) in [7, 11) is 0. The van der Waals surface area contributed by atoms with Gasteiger partial charge in [-0.25, -0.2) is 23.7 Å². The summed E-state index contributed by atoms with van der Waals surface area (Å²) in [5, 5.41) is 0. The van der Waals surface area contributed by atoms with Crippen molar-refractivity contribution in [1.82, 2.24) is 0 Å². The maximum Gasteiger partial charge on any atom is 4.00 e. The summed E-state index contributed by atoms with van der Waals surface area (Å²) in [6.07, 6.45) is 26.1. The van der Waals surface area contributed by atoms with E-state index in [1.165, 1.54) is 0 Å². The Bertz CT molecular complexity index is 1440. The van der Waals surface area contributed by atoms with Crippen LogP contribution in [0.2, 0.25) is 0 Å². The number of hydrogen-bond acceptors (Lipinski definition) is 0. The van der Waals surface area contributed by atoms with Crippen molar-refractivity contribution >= 4 is 0 Å². The molecule has 1 heteroatoms. The minimum atomic E-state index is 0. The van der Waals surface area contributed by atoms with E-state index >= 15 is 0 Å². The van der Waals surface area contributed by atoms with Gasteiger partial charge in [-0.3, -0.25) is 23.7 Å². The van der Waals surface area contributed by atoms with Crippen LogP contribution in [0, 0.1) is 96.7 Å². The fourth-order valence-corrected chi connectivity index (χ4v) is 2.50. The molecule has 0 aliphatic rings. The van der Waals surface area contributed by atoms with Crippen LogP contribution in [-0.4, -0.2) is 0 Å². The third-order valence-electron chi connectivity index (χ3n) is 4.17. The second-order valence-electron chi connectivity index (χ2n) is 6.96. The molecule has 4 rings (SSSR count). The molecule has 0 heterocycles. The molecule has 0 spiro atoms. The first-order chi connectivity index (χ1) is 19.7. The Kier molecular flexibility index (Phi) is 22.0. The molecule has 0 aliphatic carbocycles. The molecule has 190 valence electrons. The van der Waals surface area contributed by atoms with Gasteiger partial charge in [0.05, 0.1) is 0 Å². The van der Waals surface area contributed by atoms with Crippen LogP contribution in [0.25, 0.3) is 0 Å². The zero-order chi connectivity index (χ0) is 28.9. The Morgan fingerprint density at radius 3 is 0.610 bits per heavy atom. The molecular weight excluding hydrogens is 676 g/mol. The van der Waals surface area contributed by atoms with Crippen molar-refractivity contribution in [3.05, 3.63) is 169 Å². The van der Waals surface area contributed by atoms with Crippen molar-refractivity contribution < 1.29 is 21.1 Å². The van der Waals surface area contributed by atoms with Crippen LogP contribution in [0.4, 0.5) is 0 Å². The van der Waals surface area contributed by atoms with Crippen molar-refractivity contribution in [3.63, 3.8) is 0 Å². The maximum atomic E-state index is 6.53. The first-order valence-electron chi connectivity index (χ1n) is 11.6. The normalized spacial score (nSPS) is 6.93. The predicted molar refractivity (Wildman–Crippen MR) is 162 cm³/mol. The molecule has 0 fully saturated rings. The third kappa shape index (κ3) is 19.8. The van der Waals surface area contributed by atoms with Crippen molar-refractivity contribution in [3.8, 4) is 71.0 Å². The largest absolute Gasteiger partial charge is 4.00 e.